The van der Waals surface area contributed by atoms with E-state index in [1.807, 2.05) is 48.2 Å². The number of nitrogens with two attached hydrogens (primary N) is 1. The summed E-state index contributed by atoms with van der Waals surface area (Å²) in [6, 6.07) is 15.1. The van der Waals surface area contributed by atoms with Gasteiger partial charge in [0, 0.05) is 61.5 Å². The first kappa shape index (κ1) is 28.8. The summed E-state index contributed by atoms with van der Waals surface area (Å²) < 4.78 is 27.1. The molecular formula is C32H37F2N7O2. The zero-order valence-electron chi connectivity index (χ0n) is 24.2. The average Bonchev–Trinajstić information content (AvgIpc) is 3.85. The number of carbonyl (C=O) groups is 2. The Labute approximate surface area is 249 Å². The van der Waals surface area contributed by atoms with Crippen LogP contribution in [0.1, 0.15) is 77.8 Å². The van der Waals surface area contributed by atoms with E-state index in [9.17, 15) is 18.4 Å². The second-order valence-corrected chi connectivity index (χ2v) is 11.9. The lowest BCUT2D eigenvalue weighted by Crippen LogP contribution is -2.54. The smallest absolute Gasteiger partial charge is 0.271 e. The van der Waals surface area contributed by atoms with Gasteiger partial charge in [0.05, 0.1) is 6.20 Å². The van der Waals surface area contributed by atoms with Crippen LogP contribution in [0, 0.1) is 0 Å². The van der Waals surface area contributed by atoms with Gasteiger partial charge >= 0.3 is 0 Å². The van der Waals surface area contributed by atoms with Gasteiger partial charge in [0.25, 0.3) is 17.7 Å². The van der Waals surface area contributed by atoms with Crippen molar-refractivity contribution < 1.29 is 18.4 Å². The van der Waals surface area contributed by atoms with Crippen molar-refractivity contribution >= 4 is 34.8 Å². The molecule has 11 heteroatoms. The highest BCUT2D eigenvalue weighted by atomic mass is 19.3. The summed E-state index contributed by atoms with van der Waals surface area (Å²) >= 11 is 0. The van der Waals surface area contributed by atoms with Crippen LogP contribution in [0.25, 0.3) is 0 Å². The molecule has 43 heavy (non-hydrogen) atoms. The maximum atomic E-state index is 13.6. The van der Waals surface area contributed by atoms with E-state index in [-0.39, 0.29) is 42.3 Å². The van der Waals surface area contributed by atoms with Crippen LogP contribution >= 0.6 is 0 Å². The number of benzene rings is 2. The van der Waals surface area contributed by atoms with Gasteiger partial charge in [-0.05, 0) is 80.5 Å². The molecule has 0 unspecified atom stereocenters. The maximum absolute atomic E-state index is 13.6. The number of nitrogens with one attached hydrogen (secondary N) is 2. The lowest BCUT2D eigenvalue weighted by Gasteiger charge is -2.40. The molecule has 3 heterocycles. The van der Waals surface area contributed by atoms with Crippen LogP contribution in [0.15, 0.2) is 54.7 Å². The lowest BCUT2D eigenvalue weighted by molar-refractivity contribution is -0.0220. The molecule has 1 saturated carbocycles. The largest absolute Gasteiger partial charge is 0.371 e. The third kappa shape index (κ3) is 6.55. The lowest BCUT2D eigenvalue weighted by atomic mass is 9.97. The minimum absolute atomic E-state index is 0.00949. The van der Waals surface area contributed by atoms with Crippen molar-refractivity contribution in [2.45, 2.75) is 69.4 Å². The second kappa shape index (κ2) is 11.8. The summed E-state index contributed by atoms with van der Waals surface area (Å²) in [6.45, 7) is 3.35. The molecule has 6 rings (SSSR count). The van der Waals surface area contributed by atoms with Crippen LogP contribution in [0.3, 0.4) is 0 Å². The van der Waals surface area contributed by atoms with Gasteiger partial charge in [-0.2, -0.15) is 0 Å². The fourth-order valence-corrected chi connectivity index (χ4v) is 6.00. The number of primary amides is 1. The van der Waals surface area contributed by atoms with Crippen molar-refractivity contribution in [3.05, 3.63) is 71.5 Å². The molecule has 9 nitrogen and oxygen atoms in total. The normalized spacial score (nSPS) is 21.7. The van der Waals surface area contributed by atoms with Gasteiger partial charge < -0.3 is 26.2 Å². The Morgan fingerprint density at radius 3 is 2.33 bits per heavy atom. The standard InChI is InChI=1S/C32H37F2N7O2/c1-20-26(38-31(43)23-8-6-22(7-9-23)21-4-5-21)3-2-16-41(20)27-19-36-28(29(35)42)30(39-27)37-24-10-12-25(13-11-24)40-17-14-32(33,34)15-18-40/h6-13,19-21,26H,2-5,14-18H2,1H3,(H2,35,42)(H,37,39)(H,38,43)/t20-,26-/m1/s1. The fraction of sp³-hybridized carbons (Fsp3) is 0.438. The molecule has 2 amide bonds. The molecule has 2 aliphatic heterocycles. The zero-order valence-corrected chi connectivity index (χ0v) is 24.2. The van der Waals surface area contributed by atoms with Crippen LogP contribution in [-0.2, 0) is 0 Å². The number of hydrogen-bond acceptors (Lipinski definition) is 7. The van der Waals surface area contributed by atoms with E-state index in [1.54, 1.807) is 0 Å². The van der Waals surface area contributed by atoms with Gasteiger partial charge in [-0.3, -0.25) is 9.59 Å². The molecular weight excluding hydrogens is 552 g/mol. The minimum Gasteiger partial charge on any atom is -0.371 e. The summed E-state index contributed by atoms with van der Waals surface area (Å²) in [5.41, 5.74) is 9.08. The first-order valence-electron chi connectivity index (χ1n) is 15.0. The summed E-state index contributed by atoms with van der Waals surface area (Å²) in [5.74, 6) is -1.98. The topological polar surface area (TPSA) is 116 Å². The molecule has 2 saturated heterocycles. The van der Waals surface area contributed by atoms with Crippen molar-refractivity contribution in [3.63, 3.8) is 0 Å². The number of piperidine rings is 2. The number of anilines is 4. The molecule has 0 spiro atoms. The number of alkyl halides is 2. The third-order valence-electron chi connectivity index (χ3n) is 8.80. The number of nitrogens with zero attached hydrogens (tertiary/aromatic N) is 4. The van der Waals surface area contributed by atoms with Crippen LogP contribution in [0.2, 0.25) is 0 Å². The van der Waals surface area contributed by atoms with Gasteiger partial charge in [0.2, 0.25) is 0 Å². The molecule has 226 valence electrons. The molecule has 1 aromatic heterocycles. The van der Waals surface area contributed by atoms with E-state index >= 15 is 0 Å². The molecule has 3 aliphatic rings. The predicted molar refractivity (Wildman–Crippen MR) is 162 cm³/mol. The van der Waals surface area contributed by atoms with Crippen molar-refractivity contribution in [3.8, 4) is 0 Å². The quantitative estimate of drug-likeness (QED) is 0.330. The van der Waals surface area contributed by atoms with Gasteiger partial charge in [-0.25, -0.2) is 18.7 Å². The zero-order chi connectivity index (χ0) is 30.1. The molecule has 2 aromatic carbocycles. The van der Waals surface area contributed by atoms with Crippen molar-refractivity contribution in [1.82, 2.24) is 15.3 Å². The Morgan fingerprint density at radius 2 is 1.67 bits per heavy atom. The number of hydrogen-bond donors (Lipinski definition) is 3. The molecule has 3 fully saturated rings. The molecule has 3 aromatic rings. The maximum Gasteiger partial charge on any atom is 0.271 e. The Morgan fingerprint density at radius 1 is 0.977 bits per heavy atom. The third-order valence-corrected chi connectivity index (χ3v) is 8.80. The highest BCUT2D eigenvalue weighted by Crippen LogP contribution is 2.40. The van der Waals surface area contributed by atoms with Crippen LogP contribution in [0.4, 0.5) is 31.8 Å². The van der Waals surface area contributed by atoms with Gasteiger partial charge in [0.15, 0.2) is 11.5 Å². The second-order valence-electron chi connectivity index (χ2n) is 11.9. The molecule has 0 bridgehead atoms. The minimum atomic E-state index is -2.61. The van der Waals surface area contributed by atoms with Crippen LogP contribution in [-0.4, -0.2) is 59.4 Å². The van der Waals surface area contributed by atoms with Gasteiger partial charge in [0.1, 0.15) is 5.82 Å². The summed E-state index contributed by atoms with van der Waals surface area (Å²) in [4.78, 5) is 38.4. The summed E-state index contributed by atoms with van der Waals surface area (Å²) in [7, 11) is 0. The molecule has 0 radical (unpaired) electrons. The van der Waals surface area contributed by atoms with Crippen LogP contribution in [0.5, 0.6) is 0 Å². The SMILES string of the molecule is C[C@@H]1[C@H](NC(=O)c2ccc(C3CC3)cc2)CCCN1c1cnc(C(N)=O)c(Nc2ccc(N3CCC(F)(F)CC3)cc2)n1. The van der Waals surface area contributed by atoms with Gasteiger partial charge in [-0.1, -0.05) is 12.1 Å². The van der Waals surface area contributed by atoms with E-state index in [2.05, 4.69) is 32.7 Å². The van der Waals surface area contributed by atoms with Crippen molar-refractivity contribution in [2.75, 3.05) is 34.8 Å². The Hall–Kier alpha value is -4.28. The van der Waals surface area contributed by atoms with E-state index in [0.29, 0.717) is 36.1 Å². The van der Waals surface area contributed by atoms with E-state index < -0.39 is 11.8 Å². The molecule has 2 atom stereocenters. The summed E-state index contributed by atoms with van der Waals surface area (Å²) in [5, 5.41) is 6.37. The van der Waals surface area contributed by atoms with E-state index in [4.69, 9.17) is 10.7 Å². The molecule has 1 aliphatic carbocycles. The Balaban J connectivity index is 1.15. The fourth-order valence-electron chi connectivity index (χ4n) is 6.00. The summed E-state index contributed by atoms with van der Waals surface area (Å²) in [6.07, 6.45) is 5.34. The van der Waals surface area contributed by atoms with Crippen molar-refractivity contribution in [2.24, 2.45) is 5.73 Å². The Kier molecular flexibility index (Phi) is 7.89. The first-order chi connectivity index (χ1) is 20.7. The van der Waals surface area contributed by atoms with E-state index in [1.165, 1.54) is 24.6 Å². The Bertz CT molecular complexity index is 1470. The van der Waals surface area contributed by atoms with Gasteiger partial charge in [-0.15, -0.1) is 0 Å². The number of amides is 2. The van der Waals surface area contributed by atoms with E-state index in [0.717, 1.165) is 25.1 Å². The first-order valence-corrected chi connectivity index (χ1v) is 15.0. The highest BCUT2D eigenvalue weighted by Gasteiger charge is 2.34. The number of aromatic nitrogens is 2. The predicted octanol–water partition coefficient (Wildman–Crippen LogP) is 5.22. The monoisotopic (exact) mass is 589 g/mol. The highest BCUT2D eigenvalue weighted by molar-refractivity contribution is 5.96. The number of carbonyl (C=O) groups excluding carboxylic acids is 2. The van der Waals surface area contributed by atoms with Crippen molar-refractivity contribution in [1.29, 1.82) is 0 Å². The molecule has 4 N–H and O–H groups in total. The number of halogens is 2. The average molecular weight is 590 g/mol. The number of rotatable bonds is 8. The van der Waals surface area contributed by atoms with Crippen LogP contribution < -0.4 is 26.2 Å².